The molecule has 3 heteroatoms. The van der Waals surface area contributed by atoms with Gasteiger partial charge in [0.05, 0.1) is 5.02 Å². The third-order valence-electron chi connectivity index (χ3n) is 1.05. The summed E-state index contributed by atoms with van der Waals surface area (Å²) in [5, 5.41) is 0.784. The molecule has 0 aliphatic rings. The zero-order chi connectivity index (χ0) is 9.56. The summed E-state index contributed by atoms with van der Waals surface area (Å²) in [6.07, 6.45) is 3.27. The fourth-order valence-corrected chi connectivity index (χ4v) is 0.826. The lowest BCUT2D eigenvalue weighted by atomic mass is 10.3. The topological polar surface area (TPSA) is 12.9 Å². The summed E-state index contributed by atoms with van der Waals surface area (Å²) in [7, 11) is 0. The monoisotopic (exact) mass is 203 g/mol. The van der Waals surface area contributed by atoms with E-state index in [9.17, 15) is 0 Å². The van der Waals surface area contributed by atoms with Crippen molar-refractivity contribution in [3.05, 3.63) is 34.6 Å². The molecule has 0 bridgehead atoms. The average Bonchev–Trinajstić information content (AvgIpc) is 2.13. The second-order valence-corrected chi connectivity index (χ2v) is 2.51. The fraction of sp³-hybridized carbons (Fsp3) is 0.222. The zero-order valence-corrected chi connectivity index (χ0v) is 8.65. The smallest absolute Gasteiger partial charge is 0.147 e. The molecule has 0 unspecified atom stereocenters. The van der Waals surface area contributed by atoms with Crippen molar-refractivity contribution >= 4 is 29.3 Å². The highest BCUT2D eigenvalue weighted by molar-refractivity contribution is 6.41. The van der Waals surface area contributed by atoms with Gasteiger partial charge in [-0.15, -0.1) is 0 Å². The van der Waals surface area contributed by atoms with Crippen LogP contribution in [-0.4, -0.2) is 4.98 Å². The van der Waals surface area contributed by atoms with E-state index in [0.29, 0.717) is 10.2 Å². The Morgan fingerprint density at radius 1 is 1.42 bits per heavy atom. The molecule has 0 spiro atoms. The van der Waals surface area contributed by atoms with E-state index in [-0.39, 0.29) is 0 Å². The van der Waals surface area contributed by atoms with Crippen molar-refractivity contribution in [1.82, 2.24) is 4.98 Å². The van der Waals surface area contributed by atoms with Crippen LogP contribution in [0.2, 0.25) is 10.2 Å². The van der Waals surface area contributed by atoms with Gasteiger partial charge in [-0.1, -0.05) is 49.7 Å². The number of hydrogen-bond donors (Lipinski definition) is 0. The Kier molecular flexibility index (Phi) is 5.77. The lowest BCUT2D eigenvalue weighted by Crippen LogP contribution is -1.78. The largest absolute Gasteiger partial charge is 0.242 e. The van der Waals surface area contributed by atoms with Crippen LogP contribution in [-0.2, 0) is 0 Å². The van der Waals surface area contributed by atoms with Gasteiger partial charge in [-0.25, -0.2) is 4.98 Å². The molecule has 0 fully saturated rings. The van der Waals surface area contributed by atoms with Gasteiger partial charge >= 0.3 is 0 Å². The molecule has 12 heavy (non-hydrogen) atoms. The van der Waals surface area contributed by atoms with Gasteiger partial charge in [-0.05, 0) is 11.6 Å². The van der Waals surface area contributed by atoms with Crippen LogP contribution in [0.15, 0.2) is 18.8 Å². The van der Waals surface area contributed by atoms with E-state index in [1.165, 1.54) is 0 Å². The van der Waals surface area contributed by atoms with Crippen molar-refractivity contribution in [2.24, 2.45) is 0 Å². The van der Waals surface area contributed by atoms with Crippen molar-refractivity contribution in [3.8, 4) is 0 Å². The van der Waals surface area contributed by atoms with Crippen LogP contribution in [0, 0.1) is 0 Å². The van der Waals surface area contributed by atoms with Gasteiger partial charge in [0, 0.05) is 6.20 Å². The fourth-order valence-electron chi connectivity index (χ4n) is 0.548. The van der Waals surface area contributed by atoms with Crippen LogP contribution in [0.5, 0.6) is 0 Å². The number of rotatable bonds is 1. The highest BCUT2D eigenvalue weighted by Gasteiger charge is 1.96. The van der Waals surface area contributed by atoms with Crippen molar-refractivity contribution < 1.29 is 0 Å². The molecule has 0 atom stereocenters. The molecule has 0 saturated carbocycles. The van der Waals surface area contributed by atoms with Gasteiger partial charge in [0.1, 0.15) is 5.15 Å². The molecule has 0 aliphatic carbocycles. The van der Waals surface area contributed by atoms with Crippen molar-refractivity contribution in [2.45, 2.75) is 13.8 Å². The molecule has 1 rings (SSSR count). The molecule has 0 amide bonds. The van der Waals surface area contributed by atoms with E-state index in [2.05, 4.69) is 11.6 Å². The Balaban J connectivity index is 0.000000561. The minimum absolute atomic E-state index is 0.326. The van der Waals surface area contributed by atoms with E-state index in [1.807, 2.05) is 13.8 Å². The number of halogens is 2. The summed E-state index contributed by atoms with van der Waals surface area (Å²) in [5.74, 6) is 0. The Morgan fingerprint density at radius 3 is 2.42 bits per heavy atom. The molecule has 1 nitrogen and oxygen atoms in total. The van der Waals surface area contributed by atoms with E-state index in [4.69, 9.17) is 23.2 Å². The molecule has 0 aromatic carbocycles. The van der Waals surface area contributed by atoms with Gasteiger partial charge in [-0.3, -0.25) is 0 Å². The summed E-state index contributed by atoms with van der Waals surface area (Å²) in [5.41, 5.74) is 0.870. The summed E-state index contributed by atoms with van der Waals surface area (Å²) in [6.45, 7) is 7.56. The predicted molar refractivity (Wildman–Crippen MR) is 55.7 cm³/mol. The van der Waals surface area contributed by atoms with Crippen molar-refractivity contribution in [2.75, 3.05) is 0 Å². The summed E-state index contributed by atoms with van der Waals surface area (Å²) in [4.78, 5) is 3.81. The first kappa shape index (κ1) is 11.5. The Morgan fingerprint density at radius 2 is 2.00 bits per heavy atom. The number of pyridine rings is 1. The van der Waals surface area contributed by atoms with Crippen molar-refractivity contribution in [1.29, 1.82) is 0 Å². The molecular weight excluding hydrogens is 193 g/mol. The average molecular weight is 204 g/mol. The second kappa shape index (κ2) is 6.04. The SMILES string of the molecule is C=Cc1cnc(Cl)c(Cl)c1.CC. The standard InChI is InChI=1S/C7H5Cl2N.C2H6/c1-2-5-3-6(8)7(9)10-4-5;1-2/h2-4H,1H2;1-2H3. The van der Waals surface area contributed by atoms with Crippen LogP contribution in [0.1, 0.15) is 19.4 Å². The first-order chi connectivity index (χ1) is 5.74. The first-order valence-corrected chi connectivity index (χ1v) is 4.43. The molecule has 0 N–H and O–H groups in total. The van der Waals surface area contributed by atoms with Gasteiger partial charge in [0.2, 0.25) is 0 Å². The lowest BCUT2D eigenvalue weighted by molar-refractivity contribution is 1.32. The van der Waals surface area contributed by atoms with Crippen LogP contribution in [0.4, 0.5) is 0 Å². The Bertz CT molecular complexity index is 259. The Labute approximate surface area is 83.0 Å². The highest BCUT2D eigenvalue weighted by atomic mass is 35.5. The van der Waals surface area contributed by atoms with Gasteiger partial charge in [-0.2, -0.15) is 0 Å². The summed E-state index contributed by atoms with van der Waals surface area (Å²) in [6, 6.07) is 1.71. The van der Waals surface area contributed by atoms with Crippen LogP contribution in [0.25, 0.3) is 6.08 Å². The number of aromatic nitrogens is 1. The maximum Gasteiger partial charge on any atom is 0.147 e. The van der Waals surface area contributed by atoms with Crippen molar-refractivity contribution in [3.63, 3.8) is 0 Å². The molecule has 1 aromatic heterocycles. The molecule has 0 saturated heterocycles. The molecule has 0 aliphatic heterocycles. The number of nitrogens with zero attached hydrogens (tertiary/aromatic N) is 1. The van der Waals surface area contributed by atoms with Crippen LogP contribution in [0.3, 0.4) is 0 Å². The minimum atomic E-state index is 0.326. The number of hydrogen-bond acceptors (Lipinski definition) is 1. The quantitative estimate of drug-likeness (QED) is 0.628. The zero-order valence-electron chi connectivity index (χ0n) is 7.14. The normalized spacial score (nSPS) is 8.33. The van der Waals surface area contributed by atoms with Gasteiger partial charge in [0.25, 0.3) is 0 Å². The predicted octanol–water partition coefficient (Wildman–Crippen LogP) is 4.06. The summed E-state index contributed by atoms with van der Waals surface area (Å²) >= 11 is 11.2. The van der Waals surface area contributed by atoms with Gasteiger partial charge < -0.3 is 0 Å². The van der Waals surface area contributed by atoms with Crippen LogP contribution >= 0.6 is 23.2 Å². The lowest BCUT2D eigenvalue weighted by Gasteiger charge is -1.94. The molecule has 0 radical (unpaired) electrons. The first-order valence-electron chi connectivity index (χ1n) is 3.67. The van der Waals surface area contributed by atoms with Gasteiger partial charge in [0.15, 0.2) is 0 Å². The van der Waals surface area contributed by atoms with Crippen LogP contribution < -0.4 is 0 Å². The third-order valence-corrected chi connectivity index (χ3v) is 1.74. The highest BCUT2D eigenvalue weighted by Crippen LogP contribution is 2.19. The maximum atomic E-state index is 5.65. The van der Waals surface area contributed by atoms with E-state index >= 15 is 0 Å². The summed E-state index contributed by atoms with van der Waals surface area (Å²) < 4.78 is 0. The molecule has 1 heterocycles. The molecule has 66 valence electrons. The molecular formula is C9H11Cl2N. The second-order valence-electron chi connectivity index (χ2n) is 1.75. The van der Waals surface area contributed by atoms with E-state index in [1.54, 1.807) is 18.3 Å². The third kappa shape index (κ3) is 3.24. The van der Waals surface area contributed by atoms with E-state index in [0.717, 1.165) is 5.56 Å². The molecule has 1 aromatic rings. The maximum absolute atomic E-state index is 5.65. The Hall–Kier alpha value is -0.530. The van der Waals surface area contributed by atoms with E-state index < -0.39 is 0 Å². The minimum Gasteiger partial charge on any atom is -0.242 e.